The summed E-state index contributed by atoms with van der Waals surface area (Å²) < 4.78 is 0. The highest BCUT2D eigenvalue weighted by molar-refractivity contribution is 5.94. The van der Waals surface area contributed by atoms with Gasteiger partial charge in [0.2, 0.25) is 5.91 Å². The Balaban J connectivity index is 1.80. The first-order valence-electron chi connectivity index (χ1n) is 5.43. The lowest BCUT2D eigenvalue weighted by molar-refractivity contribution is -0.122. The molecule has 2 heterocycles. The van der Waals surface area contributed by atoms with Gasteiger partial charge in [-0.2, -0.15) is 5.10 Å². The van der Waals surface area contributed by atoms with Gasteiger partial charge in [0.15, 0.2) is 5.65 Å². The quantitative estimate of drug-likeness (QED) is 0.802. The maximum Gasteiger partial charge on any atom is 0.227 e. The van der Waals surface area contributed by atoms with E-state index in [1.807, 2.05) is 6.07 Å². The van der Waals surface area contributed by atoms with E-state index in [-0.39, 0.29) is 11.8 Å². The fourth-order valence-corrected chi connectivity index (χ4v) is 1.82. The minimum absolute atomic E-state index is 0.107. The molecule has 0 spiro atoms. The molecule has 0 aromatic carbocycles. The van der Waals surface area contributed by atoms with Gasteiger partial charge in [0.05, 0.1) is 18.1 Å². The summed E-state index contributed by atoms with van der Waals surface area (Å²) in [6.45, 7) is 0. The third kappa shape index (κ3) is 1.54. The molecule has 5 nitrogen and oxygen atoms in total. The van der Waals surface area contributed by atoms with Crippen molar-refractivity contribution in [2.75, 3.05) is 5.32 Å². The Kier molecular flexibility index (Phi) is 2.09. The fourth-order valence-electron chi connectivity index (χ4n) is 1.82. The molecule has 1 amide bonds. The third-order valence-corrected chi connectivity index (χ3v) is 3.03. The summed E-state index contributed by atoms with van der Waals surface area (Å²) >= 11 is 0. The maximum absolute atomic E-state index is 11.7. The lowest BCUT2D eigenvalue weighted by Crippen LogP contribution is -2.28. The maximum atomic E-state index is 11.7. The lowest BCUT2D eigenvalue weighted by atomic mass is 9.85. The van der Waals surface area contributed by atoms with Crippen LogP contribution in [-0.2, 0) is 4.79 Å². The van der Waals surface area contributed by atoms with Crippen LogP contribution in [0, 0.1) is 5.92 Å². The summed E-state index contributed by atoms with van der Waals surface area (Å²) in [5.41, 5.74) is 1.48. The number of carbonyl (C=O) groups excluding carboxylic acids is 1. The first-order valence-corrected chi connectivity index (χ1v) is 5.43. The number of carbonyl (C=O) groups is 1. The smallest absolute Gasteiger partial charge is 0.227 e. The Morgan fingerprint density at radius 2 is 2.31 bits per heavy atom. The van der Waals surface area contributed by atoms with E-state index in [0.717, 1.165) is 36.0 Å². The molecule has 0 aliphatic heterocycles. The number of nitrogens with one attached hydrogen (secondary N) is 2. The van der Waals surface area contributed by atoms with E-state index in [0.29, 0.717) is 0 Å². The second-order valence-corrected chi connectivity index (χ2v) is 4.15. The molecule has 3 rings (SSSR count). The highest BCUT2D eigenvalue weighted by Crippen LogP contribution is 2.27. The second kappa shape index (κ2) is 3.59. The molecule has 2 aromatic heterocycles. The van der Waals surface area contributed by atoms with E-state index in [1.54, 1.807) is 12.4 Å². The molecule has 1 aliphatic rings. The van der Waals surface area contributed by atoms with Crippen LogP contribution in [0.5, 0.6) is 0 Å². The Labute approximate surface area is 92.3 Å². The van der Waals surface area contributed by atoms with E-state index in [9.17, 15) is 4.79 Å². The summed E-state index contributed by atoms with van der Waals surface area (Å²) in [6, 6.07) is 1.88. The van der Waals surface area contributed by atoms with Crippen LogP contribution in [0.15, 0.2) is 18.5 Å². The van der Waals surface area contributed by atoms with E-state index in [1.165, 1.54) is 0 Å². The largest absolute Gasteiger partial charge is 0.324 e. The van der Waals surface area contributed by atoms with Crippen LogP contribution in [0.1, 0.15) is 19.3 Å². The van der Waals surface area contributed by atoms with Crippen LogP contribution in [0.4, 0.5) is 5.69 Å². The zero-order valence-electron chi connectivity index (χ0n) is 8.73. The van der Waals surface area contributed by atoms with Crippen LogP contribution in [0.2, 0.25) is 0 Å². The summed E-state index contributed by atoms with van der Waals surface area (Å²) in [7, 11) is 0. The number of amides is 1. The van der Waals surface area contributed by atoms with Crippen molar-refractivity contribution in [1.82, 2.24) is 15.2 Å². The zero-order valence-corrected chi connectivity index (χ0v) is 8.73. The molecule has 0 unspecified atom stereocenters. The van der Waals surface area contributed by atoms with Crippen LogP contribution < -0.4 is 5.32 Å². The average Bonchev–Trinajstić information content (AvgIpc) is 2.61. The topological polar surface area (TPSA) is 70.7 Å². The molecule has 0 saturated heterocycles. The second-order valence-electron chi connectivity index (χ2n) is 4.15. The number of aromatic amines is 1. The number of pyridine rings is 1. The van der Waals surface area contributed by atoms with Gasteiger partial charge in [-0.3, -0.25) is 9.89 Å². The summed E-state index contributed by atoms with van der Waals surface area (Å²) in [6.07, 6.45) is 6.52. The molecular weight excluding hydrogens is 204 g/mol. The third-order valence-electron chi connectivity index (χ3n) is 3.03. The van der Waals surface area contributed by atoms with Gasteiger partial charge in [-0.15, -0.1) is 0 Å². The van der Waals surface area contributed by atoms with Gasteiger partial charge in [0.25, 0.3) is 0 Å². The van der Waals surface area contributed by atoms with Crippen molar-refractivity contribution in [2.24, 2.45) is 5.92 Å². The first-order chi connectivity index (χ1) is 7.83. The first kappa shape index (κ1) is 9.33. The number of hydrogen-bond acceptors (Lipinski definition) is 3. The van der Waals surface area contributed by atoms with E-state index >= 15 is 0 Å². The number of H-pyrrole nitrogens is 1. The van der Waals surface area contributed by atoms with Gasteiger partial charge in [0.1, 0.15) is 0 Å². The molecule has 0 bridgehead atoms. The predicted molar refractivity (Wildman–Crippen MR) is 59.9 cm³/mol. The Morgan fingerprint density at radius 1 is 1.44 bits per heavy atom. The Morgan fingerprint density at radius 3 is 3.06 bits per heavy atom. The van der Waals surface area contributed by atoms with E-state index in [2.05, 4.69) is 20.5 Å². The molecule has 0 radical (unpaired) electrons. The van der Waals surface area contributed by atoms with Crippen molar-refractivity contribution in [3.63, 3.8) is 0 Å². The van der Waals surface area contributed by atoms with Crippen molar-refractivity contribution in [3.8, 4) is 0 Å². The number of nitrogens with zero attached hydrogens (tertiary/aromatic N) is 2. The van der Waals surface area contributed by atoms with Crippen molar-refractivity contribution < 1.29 is 4.79 Å². The van der Waals surface area contributed by atoms with Gasteiger partial charge in [0, 0.05) is 11.3 Å². The molecule has 0 atom stereocenters. The molecule has 1 aliphatic carbocycles. The summed E-state index contributed by atoms with van der Waals surface area (Å²) in [4.78, 5) is 15.9. The van der Waals surface area contributed by atoms with Gasteiger partial charge < -0.3 is 5.32 Å². The molecule has 1 saturated carbocycles. The minimum Gasteiger partial charge on any atom is -0.324 e. The van der Waals surface area contributed by atoms with Crippen molar-refractivity contribution >= 4 is 22.6 Å². The Bertz CT molecular complexity index is 530. The monoisotopic (exact) mass is 216 g/mol. The van der Waals surface area contributed by atoms with Crippen LogP contribution in [0.3, 0.4) is 0 Å². The van der Waals surface area contributed by atoms with Gasteiger partial charge in [-0.1, -0.05) is 6.42 Å². The number of aromatic nitrogens is 3. The van der Waals surface area contributed by atoms with Crippen LogP contribution >= 0.6 is 0 Å². The van der Waals surface area contributed by atoms with E-state index in [4.69, 9.17) is 0 Å². The van der Waals surface area contributed by atoms with Crippen molar-refractivity contribution in [2.45, 2.75) is 19.3 Å². The normalized spacial score (nSPS) is 16.0. The zero-order chi connectivity index (χ0) is 11.0. The molecule has 1 fully saturated rings. The van der Waals surface area contributed by atoms with Crippen LogP contribution in [-0.4, -0.2) is 21.1 Å². The highest BCUT2D eigenvalue weighted by Gasteiger charge is 2.25. The van der Waals surface area contributed by atoms with Gasteiger partial charge in [-0.25, -0.2) is 4.98 Å². The molecule has 5 heteroatoms. The number of hydrogen-bond donors (Lipinski definition) is 2. The SMILES string of the molecule is O=C(Nc1cnc2[nH]ncc2c1)C1CCC1. The van der Waals surface area contributed by atoms with Crippen molar-refractivity contribution in [1.29, 1.82) is 0 Å². The molecule has 2 aromatic rings. The lowest BCUT2D eigenvalue weighted by Gasteiger charge is -2.23. The molecule has 16 heavy (non-hydrogen) atoms. The van der Waals surface area contributed by atoms with Gasteiger partial charge in [-0.05, 0) is 18.9 Å². The number of rotatable bonds is 2. The molecule has 2 N–H and O–H groups in total. The number of anilines is 1. The van der Waals surface area contributed by atoms with Gasteiger partial charge >= 0.3 is 0 Å². The average molecular weight is 216 g/mol. The summed E-state index contributed by atoms with van der Waals surface area (Å²) in [5.74, 6) is 0.302. The highest BCUT2D eigenvalue weighted by atomic mass is 16.1. The minimum atomic E-state index is 0.107. The summed E-state index contributed by atoms with van der Waals surface area (Å²) in [5, 5.41) is 10.4. The van der Waals surface area contributed by atoms with E-state index < -0.39 is 0 Å². The predicted octanol–water partition coefficient (Wildman–Crippen LogP) is 1.70. The Hall–Kier alpha value is -1.91. The molecular formula is C11H12N4O. The number of fused-ring (bicyclic) bond motifs is 1. The molecule has 82 valence electrons. The van der Waals surface area contributed by atoms with Crippen molar-refractivity contribution in [3.05, 3.63) is 18.5 Å². The standard InChI is InChI=1S/C11H12N4O/c16-11(7-2-1-3-7)14-9-4-8-5-13-15-10(8)12-6-9/h4-7H,1-3H2,(H,14,16)(H,12,13,15). The fraction of sp³-hybridized carbons (Fsp3) is 0.364. The van der Waals surface area contributed by atoms with Crippen LogP contribution in [0.25, 0.3) is 11.0 Å².